The summed E-state index contributed by atoms with van der Waals surface area (Å²) in [4.78, 5) is 38.0. The van der Waals surface area contributed by atoms with Crippen LogP contribution < -0.4 is 0 Å². The van der Waals surface area contributed by atoms with Crippen molar-refractivity contribution in [3.63, 3.8) is 0 Å². The van der Waals surface area contributed by atoms with Gasteiger partial charge in [0.15, 0.2) is 6.10 Å². The van der Waals surface area contributed by atoms with Gasteiger partial charge in [-0.3, -0.25) is 14.4 Å². The fourth-order valence-corrected chi connectivity index (χ4v) is 7.39. The highest BCUT2D eigenvalue weighted by molar-refractivity contribution is 5.71. The van der Waals surface area contributed by atoms with Gasteiger partial charge in [0, 0.05) is 19.3 Å². The monoisotopic (exact) mass is 855 g/mol. The topological polar surface area (TPSA) is 78.9 Å². The second kappa shape index (κ2) is 50.0. The van der Waals surface area contributed by atoms with Crippen LogP contribution in [0.1, 0.15) is 265 Å². The molecule has 0 N–H and O–H groups in total. The molecule has 0 aliphatic heterocycles. The van der Waals surface area contributed by atoms with Crippen molar-refractivity contribution in [3.8, 4) is 0 Å². The Kier molecular flexibility index (Phi) is 47.9. The zero-order valence-electron chi connectivity index (χ0n) is 40.4. The molecule has 0 rings (SSSR count). The molecule has 354 valence electrons. The fraction of sp³-hybridized carbons (Fsp3) is 0.800. The minimum atomic E-state index is -0.781. The molecule has 0 aliphatic carbocycles. The molecule has 0 bridgehead atoms. The van der Waals surface area contributed by atoms with Crippen molar-refractivity contribution in [3.05, 3.63) is 48.6 Å². The Labute approximate surface area is 378 Å². The SMILES string of the molecule is CC/C=C\C/C=C\C/C=C\CCCCCCCC(=O)OCC(COC(=O)CCCCCCCCCCCCCCCC)OC(=O)CCCCCCC/C=C\CCCCCCC. The zero-order chi connectivity index (χ0) is 44.4. The second-order valence-electron chi connectivity index (χ2n) is 17.4. The molecule has 0 fully saturated rings. The molecule has 0 saturated carbocycles. The lowest BCUT2D eigenvalue weighted by Gasteiger charge is -2.18. The van der Waals surface area contributed by atoms with Gasteiger partial charge in [-0.1, -0.05) is 217 Å². The molecular weight excluding hydrogens is 757 g/mol. The van der Waals surface area contributed by atoms with Crippen LogP contribution in [-0.4, -0.2) is 37.2 Å². The zero-order valence-corrected chi connectivity index (χ0v) is 40.4. The Balaban J connectivity index is 4.40. The molecule has 0 spiro atoms. The first-order chi connectivity index (χ1) is 30.0. The first-order valence-corrected chi connectivity index (χ1v) is 26.1. The van der Waals surface area contributed by atoms with Crippen molar-refractivity contribution in [2.24, 2.45) is 0 Å². The van der Waals surface area contributed by atoms with E-state index in [9.17, 15) is 14.4 Å². The smallest absolute Gasteiger partial charge is 0.306 e. The maximum Gasteiger partial charge on any atom is 0.306 e. The number of hydrogen-bond acceptors (Lipinski definition) is 6. The van der Waals surface area contributed by atoms with Gasteiger partial charge in [-0.2, -0.15) is 0 Å². The molecule has 1 atom stereocenters. The summed E-state index contributed by atoms with van der Waals surface area (Å²) < 4.78 is 16.8. The second-order valence-corrected chi connectivity index (χ2v) is 17.4. The molecule has 0 aromatic rings. The summed E-state index contributed by atoms with van der Waals surface area (Å²) in [7, 11) is 0. The normalized spacial score (nSPS) is 12.4. The summed E-state index contributed by atoms with van der Waals surface area (Å²) >= 11 is 0. The number of unbranched alkanes of at least 4 members (excludes halogenated alkanes) is 28. The lowest BCUT2D eigenvalue weighted by Crippen LogP contribution is -2.30. The van der Waals surface area contributed by atoms with Crippen LogP contribution in [0.3, 0.4) is 0 Å². The van der Waals surface area contributed by atoms with E-state index < -0.39 is 6.10 Å². The molecule has 61 heavy (non-hydrogen) atoms. The van der Waals surface area contributed by atoms with E-state index >= 15 is 0 Å². The Morgan fingerprint density at radius 2 is 0.639 bits per heavy atom. The Bertz CT molecular complexity index is 1070. The van der Waals surface area contributed by atoms with Crippen LogP contribution in [0.5, 0.6) is 0 Å². The number of rotatable bonds is 47. The molecule has 0 amide bonds. The van der Waals surface area contributed by atoms with E-state index in [1.165, 1.54) is 116 Å². The number of esters is 3. The number of hydrogen-bond donors (Lipinski definition) is 0. The molecule has 1 unspecified atom stereocenters. The van der Waals surface area contributed by atoms with Crippen molar-refractivity contribution in [1.29, 1.82) is 0 Å². The van der Waals surface area contributed by atoms with E-state index in [-0.39, 0.29) is 31.1 Å². The molecule has 0 aromatic heterocycles. The summed E-state index contributed by atoms with van der Waals surface area (Å²) in [6.45, 7) is 6.51. The van der Waals surface area contributed by atoms with Gasteiger partial charge in [-0.15, -0.1) is 0 Å². The van der Waals surface area contributed by atoms with Crippen LogP contribution in [0.4, 0.5) is 0 Å². The number of allylic oxidation sites excluding steroid dienone is 8. The first-order valence-electron chi connectivity index (χ1n) is 26.1. The van der Waals surface area contributed by atoms with Gasteiger partial charge in [0.2, 0.25) is 0 Å². The molecule has 0 aliphatic rings. The minimum absolute atomic E-state index is 0.0796. The van der Waals surface area contributed by atoms with Crippen LogP contribution in [0.15, 0.2) is 48.6 Å². The van der Waals surface area contributed by atoms with Crippen molar-refractivity contribution in [1.82, 2.24) is 0 Å². The van der Waals surface area contributed by atoms with E-state index in [1.54, 1.807) is 0 Å². The summed E-state index contributed by atoms with van der Waals surface area (Å²) in [5.41, 5.74) is 0. The molecule has 0 aromatic carbocycles. The largest absolute Gasteiger partial charge is 0.462 e. The van der Waals surface area contributed by atoms with Gasteiger partial charge >= 0.3 is 17.9 Å². The average Bonchev–Trinajstić information content (AvgIpc) is 3.26. The lowest BCUT2D eigenvalue weighted by molar-refractivity contribution is -0.167. The number of carbonyl (C=O) groups is 3. The maximum atomic E-state index is 12.8. The molecule has 0 heterocycles. The van der Waals surface area contributed by atoms with E-state index in [1.807, 2.05) is 0 Å². The van der Waals surface area contributed by atoms with Crippen LogP contribution in [0.25, 0.3) is 0 Å². The van der Waals surface area contributed by atoms with Gasteiger partial charge in [0.05, 0.1) is 0 Å². The van der Waals surface area contributed by atoms with Gasteiger partial charge in [0.25, 0.3) is 0 Å². The maximum absolute atomic E-state index is 12.8. The third-order valence-electron chi connectivity index (χ3n) is 11.3. The first kappa shape index (κ1) is 58.4. The summed E-state index contributed by atoms with van der Waals surface area (Å²) in [5, 5.41) is 0. The number of carbonyl (C=O) groups excluding carboxylic acids is 3. The van der Waals surface area contributed by atoms with Crippen LogP contribution in [0.2, 0.25) is 0 Å². The van der Waals surface area contributed by atoms with E-state index in [0.717, 1.165) is 109 Å². The summed E-state index contributed by atoms with van der Waals surface area (Å²) in [6.07, 6.45) is 59.5. The van der Waals surface area contributed by atoms with Gasteiger partial charge in [-0.05, 0) is 77.0 Å². The van der Waals surface area contributed by atoms with Gasteiger partial charge in [-0.25, -0.2) is 0 Å². The molecule has 6 heteroatoms. The van der Waals surface area contributed by atoms with Crippen molar-refractivity contribution >= 4 is 17.9 Å². The van der Waals surface area contributed by atoms with Crippen molar-refractivity contribution < 1.29 is 28.6 Å². The molecule has 0 saturated heterocycles. The highest BCUT2D eigenvalue weighted by atomic mass is 16.6. The highest BCUT2D eigenvalue weighted by Crippen LogP contribution is 2.15. The predicted molar refractivity (Wildman–Crippen MR) is 261 cm³/mol. The third-order valence-corrected chi connectivity index (χ3v) is 11.3. The molecular formula is C55H98O6. The predicted octanol–water partition coefficient (Wildman–Crippen LogP) is 17.1. The Morgan fingerprint density at radius 1 is 0.344 bits per heavy atom. The van der Waals surface area contributed by atoms with E-state index in [0.29, 0.717) is 19.3 Å². The summed E-state index contributed by atoms with van der Waals surface area (Å²) in [6, 6.07) is 0. The van der Waals surface area contributed by atoms with E-state index in [4.69, 9.17) is 14.2 Å². The highest BCUT2D eigenvalue weighted by Gasteiger charge is 2.19. The van der Waals surface area contributed by atoms with Gasteiger partial charge < -0.3 is 14.2 Å². The quantitative estimate of drug-likeness (QED) is 0.0263. The Hall–Kier alpha value is -2.63. The fourth-order valence-electron chi connectivity index (χ4n) is 7.39. The van der Waals surface area contributed by atoms with Crippen LogP contribution >= 0.6 is 0 Å². The molecule has 0 radical (unpaired) electrons. The molecule has 6 nitrogen and oxygen atoms in total. The minimum Gasteiger partial charge on any atom is -0.462 e. The van der Waals surface area contributed by atoms with Crippen molar-refractivity contribution in [2.45, 2.75) is 271 Å². The summed E-state index contributed by atoms with van der Waals surface area (Å²) in [5.74, 6) is -0.897. The lowest BCUT2D eigenvalue weighted by atomic mass is 10.0. The average molecular weight is 855 g/mol. The van der Waals surface area contributed by atoms with Crippen LogP contribution in [-0.2, 0) is 28.6 Å². The standard InChI is InChI=1S/C55H98O6/c1-4-7-10-13-16-19-22-25-28-31-33-36-39-42-45-48-54(57)60-51-52(61-55(58)49-46-43-40-37-34-30-27-24-21-18-15-12-9-6-3)50-59-53(56)47-44-41-38-35-32-29-26-23-20-17-14-11-8-5-2/h7,10,16,19,24-25,27-28,52H,4-6,8-9,11-15,17-18,20-23,26,29-51H2,1-3H3/b10-7-,19-16-,27-24-,28-25-. The Morgan fingerprint density at radius 3 is 1.02 bits per heavy atom. The van der Waals surface area contributed by atoms with Crippen molar-refractivity contribution in [2.75, 3.05) is 13.2 Å². The third kappa shape index (κ3) is 48.3. The van der Waals surface area contributed by atoms with Gasteiger partial charge in [0.1, 0.15) is 13.2 Å². The number of ether oxygens (including phenoxy) is 3. The van der Waals surface area contributed by atoms with Crippen LogP contribution in [0, 0.1) is 0 Å². The van der Waals surface area contributed by atoms with E-state index in [2.05, 4.69) is 69.4 Å².